The second kappa shape index (κ2) is 5.99. The molecular formula is C13H21N3. The zero-order valence-corrected chi connectivity index (χ0v) is 9.73. The Bertz CT molecular complexity index is 293. The summed E-state index contributed by atoms with van der Waals surface area (Å²) in [5, 5.41) is 3.36. The average molecular weight is 219 g/mol. The first-order valence-electron chi connectivity index (χ1n) is 6.07. The van der Waals surface area contributed by atoms with Crippen LogP contribution in [0.4, 0.5) is 0 Å². The molecule has 0 amide bonds. The lowest BCUT2D eigenvalue weighted by atomic mass is 10.1. The highest BCUT2D eigenvalue weighted by atomic mass is 15.2. The van der Waals surface area contributed by atoms with E-state index in [1.165, 1.54) is 5.56 Å². The number of nitrogens with one attached hydrogen (secondary N) is 1. The first kappa shape index (κ1) is 11.6. The molecule has 0 aromatic heterocycles. The maximum Gasteiger partial charge on any atom is 0.0208 e. The largest absolute Gasteiger partial charge is 0.326 e. The summed E-state index contributed by atoms with van der Waals surface area (Å²) in [5.74, 6) is 0. The molecule has 88 valence electrons. The molecule has 1 saturated heterocycles. The van der Waals surface area contributed by atoms with Crippen LogP contribution in [0, 0.1) is 0 Å². The van der Waals surface area contributed by atoms with Crippen molar-refractivity contribution >= 4 is 0 Å². The second-order valence-electron chi connectivity index (χ2n) is 4.50. The number of rotatable bonds is 4. The van der Waals surface area contributed by atoms with Crippen LogP contribution in [0.1, 0.15) is 5.56 Å². The Balaban J connectivity index is 1.77. The SMILES string of the molecule is NC(Cc1ccccc1)CN1CCNCC1. The first-order chi connectivity index (χ1) is 7.84. The number of benzene rings is 1. The topological polar surface area (TPSA) is 41.3 Å². The molecular weight excluding hydrogens is 198 g/mol. The molecule has 0 radical (unpaired) electrons. The molecule has 2 rings (SSSR count). The van der Waals surface area contributed by atoms with Gasteiger partial charge in [0.1, 0.15) is 0 Å². The summed E-state index contributed by atoms with van der Waals surface area (Å²) in [6.45, 7) is 5.46. The molecule has 1 heterocycles. The summed E-state index contributed by atoms with van der Waals surface area (Å²) >= 11 is 0. The van der Waals surface area contributed by atoms with Crippen LogP contribution in [0.5, 0.6) is 0 Å². The van der Waals surface area contributed by atoms with Crippen LogP contribution in [0.3, 0.4) is 0 Å². The molecule has 3 N–H and O–H groups in total. The van der Waals surface area contributed by atoms with Crippen molar-refractivity contribution in [2.24, 2.45) is 5.73 Å². The molecule has 1 atom stereocenters. The molecule has 0 spiro atoms. The van der Waals surface area contributed by atoms with E-state index in [9.17, 15) is 0 Å². The number of hydrogen-bond donors (Lipinski definition) is 2. The van der Waals surface area contributed by atoms with Crippen LogP contribution >= 0.6 is 0 Å². The van der Waals surface area contributed by atoms with Gasteiger partial charge >= 0.3 is 0 Å². The molecule has 1 fully saturated rings. The van der Waals surface area contributed by atoms with E-state index in [1.54, 1.807) is 0 Å². The average Bonchev–Trinajstić information content (AvgIpc) is 2.31. The highest BCUT2D eigenvalue weighted by Crippen LogP contribution is 2.03. The van der Waals surface area contributed by atoms with Gasteiger partial charge in [0.05, 0.1) is 0 Å². The normalized spacial score (nSPS) is 19.6. The van der Waals surface area contributed by atoms with E-state index in [0.29, 0.717) is 0 Å². The van der Waals surface area contributed by atoms with E-state index in [0.717, 1.165) is 39.1 Å². The molecule has 1 unspecified atom stereocenters. The molecule has 16 heavy (non-hydrogen) atoms. The Morgan fingerprint density at radius 3 is 2.56 bits per heavy atom. The minimum absolute atomic E-state index is 0.250. The quantitative estimate of drug-likeness (QED) is 0.773. The number of nitrogens with two attached hydrogens (primary N) is 1. The third-order valence-corrected chi connectivity index (χ3v) is 3.04. The summed E-state index contributed by atoms with van der Waals surface area (Å²) in [6, 6.07) is 10.8. The maximum atomic E-state index is 6.17. The molecule has 3 nitrogen and oxygen atoms in total. The van der Waals surface area contributed by atoms with Crippen molar-refractivity contribution in [1.82, 2.24) is 10.2 Å². The fourth-order valence-electron chi connectivity index (χ4n) is 2.21. The Morgan fingerprint density at radius 2 is 1.88 bits per heavy atom. The minimum Gasteiger partial charge on any atom is -0.326 e. The summed E-state index contributed by atoms with van der Waals surface area (Å²) < 4.78 is 0. The van der Waals surface area contributed by atoms with Gasteiger partial charge in [-0.2, -0.15) is 0 Å². The zero-order valence-electron chi connectivity index (χ0n) is 9.73. The lowest BCUT2D eigenvalue weighted by molar-refractivity contribution is 0.227. The number of piperazine rings is 1. The predicted octanol–water partition coefficient (Wildman–Crippen LogP) is 0.462. The van der Waals surface area contributed by atoms with Crippen LogP contribution in [-0.2, 0) is 6.42 Å². The Kier molecular flexibility index (Phi) is 4.34. The maximum absolute atomic E-state index is 6.17. The van der Waals surface area contributed by atoms with E-state index < -0.39 is 0 Å². The van der Waals surface area contributed by atoms with Crippen LogP contribution < -0.4 is 11.1 Å². The van der Waals surface area contributed by atoms with Crippen LogP contribution in [-0.4, -0.2) is 43.7 Å². The van der Waals surface area contributed by atoms with Crippen molar-refractivity contribution in [2.75, 3.05) is 32.7 Å². The highest BCUT2D eigenvalue weighted by molar-refractivity contribution is 5.15. The Morgan fingerprint density at radius 1 is 1.19 bits per heavy atom. The second-order valence-corrected chi connectivity index (χ2v) is 4.50. The molecule has 1 aromatic carbocycles. The lowest BCUT2D eigenvalue weighted by Gasteiger charge is -2.29. The van der Waals surface area contributed by atoms with E-state index in [2.05, 4.69) is 34.5 Å². The fraction of sp³-hybridized carbons (Fsp3) is 0.538. The van der Waals surface area contributed by atoms with Gasteiger partial charge in [-0.05, 0) is 12.0 Å². The van der Waals surface area contributed by atoms with E-state index >= 15 is 0 Å². The molecule has 3 heteroatoms. The summed E-state index contributed by atoms with van der Waals surface area (Å²) in [6.07, 6.45) is 0.977. The van der Waals surface area contributed by atoms with Gasteiger partial charge in [0, 0.05) is 38.8 Å². The van der Waals surface area contributed by atoms with Gasteiger partial charge in [0.15, 0.2) is 0 Å². The lowest BCUT2D eigenvalue weighted by Crippen LogP contribution is -2.48. The van der Waals surface area contributed by atoms with Gasteiger partial charge in [-0.15, -0.1) is 0 Å². The van der Waals surface area contributed by atoms with Gasteiger partial charge in [0.25, 0.3) is 0 Å². The van der Waals surface area contributed by atoms with Crippen LogP contribution in [0.15, 0.2) is 30.3 Å². The summed E-state index contributed by atoms with van der Waals surface area (Å²) in [4.78, 5) is 2.45. The van der Waals surface area contributed by atoms with Gasteiger partial charge in [0.2, 0.25) is 0 Å². The van der Waals surface area contributed by atoms with E-state index in [-0.39, 0.29) is 6.04 Å². The molecule has 1 aromatic rings. The van der Waals surface area contributed by atoms with Crippen molar-refractivity contribution < 1.29 is 0 Å². The van der Waals surface area contributed by atoms with Gasteiger partial charge in [-0.1, -0.05) is 30.3 Å². The van der Waals surface area contributed by atoms with Gasteiger partial charge in [-0.3, -0.25) is 4.90 Å². The highest BCUT2D eigenvalue weighted by Gasteiger charge is 2.13. The van der Waals surface area contributed by atoms with E-state index in [4.69, 9.17) is 5.73 Å². The fourth-order valence-corrected chi connectivity index (χ4v) is 2.21. The first-order valence-corrected chi connectivity index (χ1v) is 6.07. The van der Waals surface area contributed by atoms with Crippen molar-refractivity contribution in [3.63, 3.8) is 0 Å². The monoisotopic (exact) mass is 219 g/mol. The van der Waals surface area contributed by atoms with Gasteiger partial charge in [-0.25, -0.2) is 0 Å². The molecule has 0 saturated carbocycles. The number of hydrogen-bond acceptors (Lipinski definition) is 3. The standard InChI is InChI=1S/C13H21N3/c14-13(10-12-4-2-1-3-5-12)11-16-8-6-15-7-9-16/h1-5,13,15H,6-11,14H2. The van der Waals surface area contributed by atoms with Crippen molar-refractivity contribution in [2.45, 2.75) is 12.5 Å². The minimum atomic E-state index is 0.250. The Hall–Kier alpha value is -0.900. The predicted molar refractivity (Wildman–Crippen MR) is 67.4 cm³/mol. The van der Waals surface area contributed by atoms with Crippen molar-refractivity contribution in [3.05, 3.63) is 35.9 Å². The smallest absolute Gasteiger partial charge is 0.0208 e. The van der Waals surface area contributed by atoms with Crippen molar-refractivity contribution in [3.8, 4) is 0 Å². The third kappa shape index (κ3) is 3.59. The van der Waals surface area contributed by atoms with Crippen molar-refractivity contribution in [1.29, 1.82) is 0 Å². The molecule has 1 aliphatic rings. The Labute approximate surface area is 97.6 Å². The van der Waals surface area contributed by atoms with Crippen LogP contribution in [0.25, 0.3) is 0 Å². The molecule has 0 aliphatic carbocycles. The number of nitrogens with zero attached hydrogens (tertiary/aromatic N) is 1. The van der Waals surface area contributed by atoms with Gasteiger partial charge < -0.3 is 11.1 Å². The zero-order chi connectivity index (χ0) is 11.2. The third-order valence-electron chi connectivity index (χ3n) is 3.04. The molecule has 1 aliphatic heterocycles. The van der Waals surface area contributed by atoms with E-state index in [1.807, 2.05) is 6.07 Å². The summed E-state index contributed by atoms with van der Waals surface area (Å²) in [7, 11) is 0. The van der Waals surface area contributed by atoms with Crippen LogP contribution in [0.2, 0.25) is 0 Å². The summed E-state index contributed by atoms with van der Waals surface area (Å²) in [5.41, 5.74) is 7.51. The molecule has 0 bridgehead atoms.